The molecule has 0 amide bonds. The fourth-order valence-corrected chi connectivity index (χ4v) is 3.69. The molecule has 2 rings (SSSR count). The van der Waals surface area contributed by atoms with E-state index in [1.165, 1.54) is 81.9 Å². The molecule has 1 N–H and O–H groups in total. The molecule has 1 aliphatic carbocycles. The van der Waals surface area contributed by atoms with Crippen LogP contribution in [0, 0.1) is 0 Å². The van der Waals surface area contributed by atoms with Gasteiger partial charge in [0.2, 0.25) is 0 Å². The largest absolute Gasteiger partial charge is 0.496 e. The molecule has 1 aromatic carbocycles. The molecular formula is C21H36ClNO. The van der Waals surface area contributed by atoms with Crippen molar-refractivity contribution in [3.05, 3.63) is 29.3 Å². The van der Waals surface area contributed by atoms with E-state index in [4.69, 9.17) is 4.74 Å². The van der Waals surface area contributed by atoms with Crippen molar-refractivity contribution < 1.29 is 4.74 Å². The fourth-order valence-electron chi connectivity index (χ4n) is 3.69. The van der Waals surface area contributed by atoms with E-state index in [0.29, 0.717) is 6.04 Å². The van der Waals surface area contributed by atoms with Gasteiger partial charge >= 0.3 is 0 Å². The molecule has 1 unspecified atom stereocenters. The summed E-state index contributed by atoms with van der Waals surface area (Å²) in [6.07, 6.45) is 14.7. The molecule has 0 saturated heterocycles. The monoisotopic (exact) mass is 353 g/mol. The smallest absolute Gasteiger partial charge is 0.122 e. The van der Waals surface area contributed by atoms with Crippen LogP contribution in [0.3, 0.4) is 0 Å². The number of aryl methyl sites for hydroxylation is 1. The standard InChI is InChI=1S/C21H35NO.ClH/c1-3-4-5-6-7-8-9-10-16-22-19-15-14-18-12-11-13-21(23-2)20(18)17-19;/h11-13,19,22H,3-10,14-17H2,1-2H3;1H. The maximum absolute atomic E-state index is 5.53. The summed E-state index contributed by atoms with van der Waals surface area (Å²) >= 11 is 0. The second kappa shape index (κ2) is 12.6. The Balaban J connectivity index is 0.00000288. The summed E-state index contributed by atoms with van der Waals surface area (Å²) in [5.74, 6) is 1.07. The van der Waals surface area contributed by atoms with Crippen molar-refractivity contribution in [1.29, 1.82) is 0 Å². The Bertz CT molecular complexity index is 435. The average molecular weight is 354 g/mol. The Kier molecular flexibility index (Phi) is 11.2. The third-order valence-electron chi connectivity index (χ3n) is 5.13. The minimum Gasteiger partial charge on any atom is -0.496 e. The highest BCUT2D eigenvalue weighted by Gasteiger charge is 2.20. The number of unbranched alkanes of at least 4 members (excludes halogenated alkanes) is 7. The molecule has 0 radical (unpaired) electrons. The zero-order valence-corrected chi connectivity index (χ0v) is 16.4. The van der Waals surface area contributed by atoms with Gasteiger partial charge in [0.1, 0.15) is 5.75 Å². The molecule has 2 nitrogen and oxygen atoms in total. The number of ether oxygens (including phenoxy) is 1. The number of benzene rings is 1. The second-order valence-electron chi connectivity index (χ2n) is 6.97. The van der Waals surface area contributed by atoms with Crippen molar-refractivity contribution in [2.45, 2.75) is 83.6 Å². The maximum Gasteiger partial charge on any atom is 0.122 e. The molecule has 0 bridgehead atoms. The van der Waals surface area contributed by atoms with Crippen molar-refractivity contribution in [1.82, 2.24) is 5.32 Å². The summed E-state index contributed by atoms with van der Waals surface area (Å²) < 4.78 is 5.53. The van der Waals surface area contributed by atoms with Crippen LogP contribution in [-0.4, -0.2) is 19.7 Å². The molecule has 0 aromatic heterocycles. The summed E-state index contributed by atoms with van der Waals surface area (Å²) in [5.41, 5.74) is 2.91. The van der Waals surface area contributed by atoms with Gasteiger partial charge in [-0.2, -0.15) is 0 Å². The van der Waals surface area contributed by atoms with Crippen molar-refractivity contribution in [3.8, 4) is 5.75 Å². The Morgan fingerprint density at radius 2 is 1.75 bits per heavy atom. The van der Waals surface area contributed by atoms with Crippen LogP contribution >= 0.6 is 12.4 Å². The van der Waals surface area contributed by atoms with Crippen molar-refractivity contribution in [2.24, 2.45) is 0 Å². The molecular weight excluding hydrogens is 318 g/mol. The Labute approximate surface area is 155 Å². The van der Waals surface area contributed by atoms with Gasteiger partial charge in [-0.05, 0) is 49.4 Å². The molecule has 24 heavy (non-hydrogen) atoms. The van der Waals surface area contributed by atoms with Gasteiger partial charge in [0.05, 0.1) is 7.11 Å². The van der Waals surface area contributed by atoms with Crippen molar-refractivity contribution in [2.75, 3.05) is 13.7 Å². The van der Waals surface area contributed by atoms with E-state index < -0.39 is 0 Å². The summed E-state index contributed by atoms with van der Waals surface area (Å²) in [4.78, 5) is 0. The summed E-state index contributed by atoms with van der Waals surface area (Å²) in [7, 11) is 1.78. The van der Waals surface area contributed by atoms with Crippen LogP contribution in [0.2, 0.25) is 0 Å². The number of hydrogen-bond acceptors (Lipinski definition) is 2. The Hall–Kier alpha value is -0.730. The van der Waals surface area contributed by atoms with Crippen molar-refractivity contribution >= 4 is 12.4 Å². The Morgan fingerprint density at radius 1 is 1.04 bits per heavy atom. The van der Waals surface area contributed by atoms with Gasteiger partial charge in [-0.25, -0.2) is 0 Å². The zero-order chi connectivity index (χ0) is 16.3. The second-order valence-corrected chi connectivity index (χ2v) is 6.97. The minimum absolute atomic E-state index is 0. The number of rotatable bonds is 11. The van der Waals surface area contributed by atoms with E-state index >= 15 is 0 Å². The highest BCUT2D eigenvalue weighted by molar-refractivity contribution is 5.85. The van der Waals surface area contributed by atoms with Gasteiger partial charge in [-0.15, -0.1) is 12.4 Å². The van der Waals surface area contributed by atoms with E-state index in [0.717, 1.165) is 12.2 Å². The summed E-state index contributed by atoms with van der Waals surface area (Å²) in [5, 5.41) is 3.77. The lowest BCUT2D eigenvalue weighted by Gasteiger charge is -2.27. The first-order valence-corrected chi connectivity index (χ1v) is 9.73. The van der Waals surface area contributed by atoms with Crippen LogP contribution in [-0.2, 0) is 12.8 Å². The number of halogens is 1. The predicted molar refractivity (Wildman–Crippen MR) is 107 cm³/mol. The lowest BCUT2D eigenvalue weighted by molar-refractivity contribution is 0.392. The van der Waals surface area contributed by atoms with Crippen LogP contribution in [0.25, 0.3) is 0 Å². The molecule has 1 aromatic rings. The minimum atomic E-state index is 0. The number of fused-ring (bicyclic) bond motifs is 1. The van der Waals surface area contributed by atoms with E-state index in [-0.39, 0.29) is 12.4 Å². The van der Waals surface area contributed by atoms with Crippen LogP contribution in [0.5, 0.6) is 5.75 Å². The molecule has 0 saturated carbocycles. The number of methoxy groups -OCH3 is 1. The van der Waals surface area contributed by atoms with Gasteiger partial charge in [-0.1, -0.05) is 64.0 Å². The topological polar surface area (TPSA) is 21.3 Å². The van der Waals surface area contributed by atoms with Gasteiger partial charge in [0.25, 0.3) is 0 Å². The molecule has 0 heterocycles. The lowest BCUT2D eigenvalue weighted by atomic mass is 9.87. The van der Waals surface area contributed by atoms with Gasteiger partial charge in [0, 0.05) is 6.04 Å². The average Bonchev–Trinajstić information content (AvgIpc) is 2.59. The highest BCUT2D eigenvalue weighted by Crippen LogP contribution is 2.29. The maximum atomic E-state index is 5.53. The SMILES string of the molecule is CCCCCCCCCCNC1CCc2cccc(OC)c2C1.Cl. The summed E-state index contributed by atoms with van der Waals surface area (Å²) in [6.45, 7) is 3.45. The van der Waals surface area contributed by atoms with Gasteiger partial charge in [0.15, 0.2) is 0 Å². The van der Waals surface area contributed by atoms with E-state index in [1.807, 2.05) is 0 Å². The molecule has 0 fully saturated rings. The third-order valence-corrected chi connectivity index (χ3v) is 5.13. The van der Waals surface area contributed by atoms with E-state index in [9.17, 15) is 0 Å². The lowest BCUT2D eigenvalue weighted by Crippen LogP contribution is -2.35. The molecule has 1 aliphatic rings. The third kappa shape index (κ3) is 7.03. The van der Waals surface area contributed by atoms with Crippen LogP contribution in [0.4, 0.5) is 0 Å². The highest BCUT2D eigenvalue weighted by atomic mass is 35.5. The van der Waals surface area contributed by atoms with E-state index in [2.05, 4.69) is 30.4 Å². The quantitative estimate of drug-likeness (QED) is 0.515. The summed E-state index contributed by atoms with van der Waals surface area (Å²) in [6, 6.07) is 7.10. The van der Waals surface area contributed by atoms with Crippen LogP contribution in [0.1, 0.15) is 75.8 Å². The van der Waals surface area contributed by atoms with Crippen LogP contribution < -0.4 is 10.1 Å². The predicted octanol–water partition coefficient (Wildman–Crippen LogP) is 5.70. The normalized spacial score (nSPS) is 16.3. The van der Waals surface area contributed by atoms with Gasteiger partial charge in [-0.3, -0.25) is 0 Å². The first-order chi connectivity index (χ1) is 11.3. The molecule has 138 valence electrons. The fraction of sp³-hybridized carbons (Fsp3) is 0.714. The molecule has 0 spiro atoms. The Morgan fingerprint density at radius 3 is 2.46 bits per heavy atom. The first-order valence-electron chi connectivity index (χ1n) is 9.73. The number of nitrogens with one attached hydrogen (secondary N) is 1. The molecule has 3 heteroatoms. The first kappa shape index (κ1) is 21.3. The van der Waals surface area contributed by atoms with Gasteiger partial charge < -0.3 is 10.1 Å². The zero-order valence-electron chi connectivity index (χ0n) is 15.6. The number of hydrogen-bond donors (Lipinski definition) is 1. The molecule has 0 aliphatic heterocycles. The van der Waals surface area contributed by atoms with E-state index in [1.54, 1.807) is 7.11 Å². The molecule has 1 atom stereocenters. The van der Waals surface area contributed by atoms with Crippen molar-refractivity contribution in [3.63, 3.8) is 0 Å². The van der Waals surface area contributed by atoms with Crippen LogP contribution in [0.15, 0.2) is 18.2 Å².